The lowest BCUT2D eigenvalue weighted by Crippen LogP contribution is -2.26. The average Bonchev–Trinajstić information content (AvgIpc) is 2.61. The summed E-state index contributed by atoms with van der Waals surface area (Å²) in [5, 5.41) is 11.1. The van der Waals surface area contributed by atoms with Crippen LogP contribution in [0.3, 0.4) is 0 Å². The lowest BCUT2D eigenvalue weighted by atomic mass is 10.3. The summed E-state index contributed by atoms with van der Waals surface area (Å²) in [4.78, 5) is 27.3. The van der Waals surface area contributed by atoms with Gasteiger partial charge < -0.3 is 0 Å². The van der Waals surface area contributed by atoms with E-state index < -0.39 is 4.92 Å². The van der Waals surface area contributed by atoms with Gasteiger partial charge in [-0.3, -0.25) is 19.8 Å². The highest BCUT2D eigenvalue weighted by Crippen LogP contribution is 2.35. The third-order valence-electron chi connectivity index (χ3n) is 2.42. The van der Waals surface area contributed by atoms with Crippen molar-refractivity contribution < 1.29 is 9.72 Å². The highest BCUT2D eigenvalue weighted by Gasteiger charge is 2.34. The van der Waals surface area contributed by atoms with Gasteiger partial charge >= 0.3 is 5.69 Å². The molecule has 0 spiro atoms. The van der Waals surface area contributed by atoms with Crippen LogP contribution in [-0.4, -0.2) is 27.2 Å². The summed E-state index contributed by atoms with van der Waals surface area (Å²) < 4.78 is 0.321. The lowest BCUT2D eigenvalue weighted by molar-refractivity contribution is -0.384. The normalized spacial score (nSPS) is 19.4. The van der Waals surface area contributed by atoms with Gasteiger partial charge in [-0.05, 0) is 15.9 Å². The number of aromatic nitrogens is 1. The zero-order valence-electron chi connectivity index (χ0n) is 8.77. The first-order valence-corrected chi connectivity index (χ1v) is 6.93. The monoisotopic (exact) mass is 397 g/mol. The fraction of sp³-hybridized carbons (Fsp3) is 0.333. The standard InChI is InChI=1S/C9H6Br2ClN3O3/c10-4-1-7(16)14(3-4)9-6(15(17)18)2-5(11)8(12)13-9/h2,4H,1,3H2. The number of hydrogen-bond acceptors (Lipinski definition) is 4. The largest absolute Gasteiger partial charge is 0.313 e. The molecule has 0 saturated carbocycles. The second-order valence-electron chi connectivity index (χ2n) is 3.67. The average molecular weight is 399 g/mol. The zero-order chi connectivity index (χ0) is 13.4. The van der Waals surface area contributed by atoms with E-state index >= 15 is 0 Å². The van der Waals surface area contributed by atoms with Crippen molar-refractivity contribution in [2.24, 2.45) is 0 Å². The van der Waals surface area contributed by atoms with E-state index in [1.54, 1.807) is 0 Å². The van der Waals surface area contributed by atoms with E-state index in [-0.39, 0.29) is 33.8 Å². The Kier molecular flexibility index (Phi) is 3.88. The van der Waals surface area contributed by atoms with E-state index in [2.05, 4.69) is 36.8 Å². The molecule has 1 amide bonds. The zero-order valence-corrected chi connectivity index (χ0v) is 12.7. The number of nitrogens with zero attached hydrogens (tertiary/aromatic N) is 3. The number of nitro groups is 1. The van der Waals surface area contributed by atoms with Crippen molar-refractivity contribution in [2.45, 2.75) is 11.2 Å². The minimum Gasteiger partial charge on any atom is -0.290 e. The first-order chi connectivity index (χ1) is 8.40. The van der Waals surface area contributed by atoms with Crippen LogP contribution in [0.2, 0.25) is 5.15 Å². The van der Waals surface area contributed by atoms with Gasteiger partial charge in [0.1, 0.15) is 5.15 Å². The molecule has 18 heavy (non-hydrogen) atoms. The molecule has 1 fully saturated rings. The molecule has 1 aliphatic heterocycles. The Morgan fingerprint density at radius 2 is 2.28 bits per heavy atom. The summed E-state index contributed by atoms with van der Waals surface area (Å²) >= 11 is 12.2. The number of pyridine rings is 1. The molecule has 9 heteroatoms. The van der Waals surface area contributed by atoms with Crippen molar-refractivity contribution >= 4 is 60.9 Å². The van der Waals surface area contributed by atoms with Crippen LogP contribution in [0.4, 0.5) is 11.5 Å². The molecular weight excluding hydrogens is 393 g/mol. The number of alkyl halides is 1. The number of amides is 1. The van der Waals surface area contributed by atoms with E-state index in [9.17, 15) is 14.9 Å². The van der Waals surface area contributed by atoms with Gasteiger partial charge in [-0.15, -0.1) is 0 Å². The Morgan fingerprint density at radius 3 is 2.78 bits per heavy atom. The molecule has 1 aromatic rings. The lowest BCUT2D eigenvalue weighted by Gasteiger charge is -2.15. The Bertz CT molecular complexity index is 540. The Balaban J connectivity index is 2.52. The summed E-state index contributed by atoms with van der Waals surface area (Å²) in [6, 6.07) is 1.25. The number of rotatable bonds is 2. The van der Waals surface area contributed by atoms with Gasteiger partial charge in [0.25, 0.3) is 0 Å². The topological polar surface area (TPSA) is 76.3 Å². The van der Waals surface area contributed by atoms with Gasteiger partial charge in [-0.25, -0.2) is 4.98 Å². The van der Waals surface area contributed by atoms with E-state index in [1.165, 1.54) is 11.0 Å². The van der Waals surface area contributed by atoms with Crippen LogP contribution < -0.4 is 4.90 Å². The van der Waals surface area contributed by atoms with Gasteiger partial charge in [0.05, 0.1) is 9.40 Å². The number of carbonyl (C=O) groups is 1. The fourth-order valence-corrected chi connectivity index (χ4v) is 2.66. The highest BCUT2D eigenvalue weighted by molar-refractivity contribution is 9.10. The van der Waals surface area contributed by atoms with Crippen molar-refractivity contribution in [3.8, 4) is 0 Å². The van der Waals surface area contributed by atoms with Gasteiger partial charge in [-0.2, -0.15) is 0 Å². The summed E-state index contributed by atoms with van der Waals surface area (Å²) in [6.45, 7) is 0.338. The number of halogens is 3. The van der Waals surface area contributed by atoms with E-state index in [0.29, 0.717) is 11.0 Å². The minimum atomic E-state index is -0.585. The van der Waals surface area contributed by atoms with Gasteiger partial charge in [0.15, 0.2) is 0 Å². The van der Waals surface area contributed by atoms with Gasteiger partial charge in [0.2, 0.25) is 11.7 Å². The van der Waals surface area contributed by atoms with Crippen LogP contribution in [0.15, 0.2) is 10.5 Å². The summed E-state index contributed by atoms with van der Waals surface area (Å²) in [6.07, 6.45) is 0.284. The molecule has 0 bridgehead atoms. The maximum Gasteiger partial charge on any atom is 0.313 e. The first kappa shape index (κ1) is 13.7. The van der Waals surface area contributed by atoms with Crippen LogP contribution in [0.5, 0.6) is 0 Å². The van der Waals surface area contributed by atoms with Gasteiger partial charge in [0, 0.05) is 23.9 Å². The molecule has 1 unspecified atom stereocenters. The second-order valence-corrected chi connectivity index (χ2v) is 6.17. The Hall–Kier alpha value is -0.730. The Morgan fingerprint density at radius 1 is 1.61 bits per heavy atom. The van der Waals surface area contributed by atoms with Crippen molar-refractivity contribution in [3.63, 3.8) is 0 Å². The molecule has 0 N–H and O–H groups in total. The summed E-state index contributed by atoms with van der Waals surface area (Å²) in [5.41, 5.74) is -0.249. The predicted octanol–water partition coefficient (Wildman–Crippen LogP) is 2.91. The van der Waals surface area contributed by atoms with Crippen LogP contribution in [0.1, 0.15) is 6.42 Å². The van der Waals surface area contributed by atoms with Crippen molar-refractivity contribution in [2.75, 3.05) is 11.4 Å². The van der Waals surface area contributed by atoms with E-state index in [1.807, 2.05) is 0 Å². The molecule has 96 valence electrons. The maximum absolute atomic E-state index is 11.7. The SMILES string of the molecule is O=C1CC(Br)CN1c1nc(Cl)c(Br)cc1[N+](=O)[O-]. The van der Waals surface area contributed by atoms with Crippen LogP contribution in [0, 0.1) is 10.1 Å². The van der Waals surface area contributed by atoms with Crippen LogP contribution in [-0.2, 0) is 4.79 Å². The number of anilines is 1. The predicted molar refractivity (Wildman–Crippen MR) is 73.3 cm³/mol. The second kappa shape index (κ2) is 5.10. The molecule has 1 saturated heterocycles. The number of carbonyl (C=O) groups excluding carboxylic acids is 1. The quantitative estimate of drug-likeness (QED) is 0.332. The van der Waals surface area contributed by atoms with Gasteiger partial charge in [-0.1, -0.05) is 27.5 Å². The summed E-state index contributed by atoms with van der Waals surface area (Å²) in [7, 11) is 0. The molecule has 0 aromatic carbocycles. The fourth-order valence-electron chi connectivity index (χ4n) is 1.65. The molecule has 1 atom stereocenters. The third-order valence-corrected chi connectivity index (χ3v) is 4.16. The molecule has 1 aliphatic rings. The van der Waals surface area contributed by atoms with Crippen molar-refractivity contribution in [1.82, 2.24) is 4.98 Å². The van der Waals surface area contributed by atoms with E-state index in [0.717, 1.165) is 0 Å². The molecule has 2 heterocycles. The smallest absolute Gasteiger partial charge is 0.290 e. The van der Waals surface area contributed by atoms with Crippen LogP contribution in [0.25, 0.3) is 0 Å². The molecule has 0 aliphatic carbocycles. The third kappa shape index (κ3) is 2.50. The van der Waals surface area contributed by atoms with Crippen LogP contribution >= 0.6 is 43.5 Å². The highest BCUT2D eigenvalue weighted by atomic mass is 79.9. The van der Waals surface area contributed by atoms with E-state index in [4.69, 9.17) is 11.6 Å². The summed E-state index contributed by atoms with van der Waals surface area (Å²) in [5.74, 6) is -0.231. The molecule has 0 radical (unpaired) electrons. The number of hydrogen-bond donors (Lipinski definition) is 0. The van der Waals surface area contributed by atoms with Crippen molar-refractivity contribution in [3.05, 3.63) is 25.8 Å². The molecule has 1 aromatic heterocycles. The molecule has 6 nitrogen and oxygen atoms in total. The minimum absolute atomic E-state index is 0.0137. The first-order valence-electron chi connectivity index (χ1n) is 4.85. The maximum atomic E-state index is 11.7. The van der Waals surface area contributed by atoms with Crippen molar-refractivity contribution in [1.29, 1.82) is 0 Å². The Labute approximate surface area is 124 Å². The molecule has 2 rings (SSSR count). The molecular formula is C9H6Br2ClN3O3.